The van der Waals surface area contributed by atoms with E-state index < -0.39 is 0 Å². The highest BCUT2D eigenvalue weighted by molar-refractivity contribution is 7.08. The summed E-state index contributed by atoms with van der Waals surface area (Å²) in [4.78, 5) is 23.8. The number of carbonyl (C=O) groups excluding carboxylic acids is 2. The van der Waals surface area contributed by atoms with E-state index in [2.05, 4.69) is 20.2 Å². The lowest BCUT2D eigenvalue weighted by Crippen LogP contribution is -2.11. The SMILES string of the molecule is CC(=O)Nc1ccc(NC(=O)c2snnc2-c2ccc(F)cc2)cc1. The number of nitrogens with zero attached hydrogens (tertiary/aromatic N) is 2. The normalized spacial score (nSPS) is 10.3. The first kappa shape index (κ1) is 16.7. The maximum Gasteiger partial charge on any atom is 0.269 e. The molecule has 2 N–H and O–H groups in total. The smallest absolute Gasteiger partial charge is 0.269 e. The summed E-state index contributed by atoms with van der Waals surface area (Å²) >= 11 is 0.964. The van der Waals surface area contributed by atoms with Crippen molar-refractivity contribution >= 4 is 34.7 Å². The van der Waals surface area contributed by atoms with Crippen LogP contribution in [0.1, 0.15) is 16.6 Å². The van der Waals surface area contributed by atoms with Gasteiger partial charge in [-0.1, -0.05) is 4.49 Å². The van der Waals surface area contributed by atoms with Crippen molar-refractivity contribution in [1.82, 2.24) is 9.59 Å². The zero-order chi connectivity index (χ0) is 17.8. The van der Waals surface area contributed by atoms with Gasteiger partial charge in [0.15, 0.2) is 0 Å². The topological polar surface area (TPSA) is 84.0 Å². The zero-order valence-electron chi connectivity index (χ0n) is 13.1. The van der Waals surface area contributed by atoms with E-state index in [9.17, 15) is 14.0 Å². The third kappa shape index (κ3) is 4.04. The lowest BCUT2D eigenvalue weighted by molar-refractivity contribution is -0.114. The van der Waals surface area contributed by atoms with Gasteiger partial charge in [-0.15, -0.1) is 5.10 Å². The van der Waals surface area contributed by atoms with Crippen LogP contribution < -0.4 is 10.6 Å². The zero-order valence-corrected chi connectivity index (χ0v) is 13.9. The number of amides is 2. The average Bonchev–Trinajstić information content (AvgIpc) is 3.06. The Morgan fingerprint density at radius 2 is 1.56 bits per heavy atom. The second-order valence-electron chi connectivity index (χ2n) is 5.17. The van der Waals surface area contributed by atoms with Gasteiger partial charge in [0.05, 0.1) is 0 Å². The fourth-order valence-electron chi connectivity index (χ4n) is 2.16. The Morgan fingerprint density at radius 1 is 0.960 bits per heavy atom. The molecule has 0 aliphatic heterocycles. The molecule has 0 aliphatic carbocycles. The van der Waals surface area contributed by atoms with Crippen molar-refractivity contribution in [3.05, 3.63) is 59.2 Å². The third-order valence-corrected chi connectivity index (χ3v) is 4.00. The minimum absolute atomic E-state index is 0.170. The Bertz CT molecular complexity index is 907. The number of nitrogens with one attached hydrogen (secondary N) is 2. The molecule has 2 amide bonds. The number of benzene rings is 2. The Kier molecular flexibility index (Phi) is 4.80. The molecule has 126 valence electrons. The second-order valence-corrected chi connectivity index (χ2v) is 5.92. The van der Waals surface area contributed by atoms with E-state index in [4.69, 9.17) is 0 Å². The third-order valence-electron chi connectivity index (χ3n) is 3.28. The summed E-state index contributed by atoms with van der Waals surface area (Å²) in [5, 5.41) is 9.36. The summed E-state index contributed by atoms with van der Waals surface area (Å²) in [5.41, 5.74) is 2.22. The molecule has 0 fully saturated rings. The largest absolute Gasteiger partial charge is 0.326 e. The van der Waals surface area contributed by atoms with Crippen LogP contribution in [0, 0.1) is 5.82 Å². The van der Waals surface area contributed by atoms with Gasteiger partial charge < -0.3 is 10.6 Å². The Hall–Kier alpha value is -3.13. The first-order valence-corrected chi connectivity index (χ1v) is 8.07. The highest BCUT2D eigenvalue weighted by atomic mass is 32.1. The van der Waals surface area contributed by atoms with Gasteiger partial charge in [0, 0.05) is 23.9 Å². The molecule has 0 spiro atoms. The number of hydrogen-bond acceptors (Lipinski definition) is 5. The van der Waals surface area contributed by atoms with Crippen LogP contribution in [0.3, 0.4) is 0 Å². The van der Waals surface area contributed by atoms with Gasteiger partial charge in [0.1, 0.15) is 16.4 Å². The molecule has 0 unspecified atom stereocenters. The van der Waals surface area contributed by atoms with Crippen molar-refractivity contribution in [2.24, 2.45) is 0 Å². The lowest BCUT2D eigenvalue weighted by atomic mass is 10.1. The summed E-state index contributed by atoms with van der Waals surface area (Å²) in [6.45, 7) is 1.42. The van der Waals surface area contributed by atoms with E-state index in [0.29, 0.717) is 27.5 Å². The van der Waals surface area contributed by atoms with Gasteiger partial charge >= 0.3 is 0 Å². The number of halogens is 1. The minimum Gasteiger partial charge on any atom is -0.326 e. The van der Waals surface area contributed by atoms with Crippen molar-refractivity contribution in [2.45, 2.75) is 6.92 Å². The average molecular weight is 356 g/mol. The van der Waals surface area contributed by atoms with Gasteiger partial charge in [-0.3, -0.25) is 9.59 Å². The van der Waals surface area contributed by atoms with Crippen LogP contribution in [-0.4, -0.2) is 21.4 Å². The lowest BCUT2D eigenvalue weighted by Gasteiger charge is -2.06. The van der Waals surface area contributed by atoms with Crippen LogP contribution in [0.15, 0.2) is 48.5 Å². The predicted octanol–water partition coefficient (Wildman–Crippen LogP) is 3.55. The Labute approximate surface area is 146 Å². The highest BCUT2D eigenvalue weighted by Gasteiger charge is 2.18. The molecule has 1 heterocycles. The number of rotatable bonds is 4. The van der Waals surface area contributed by atoms with Crippen LogP contribution in [0.4, 0.5) is 15.8 Å². The van der Waals surface area contributed by atoms with Gasteiger partial charge in [-0.25, -0.2) is 4.39 Å². The van der Waals surface area contributed by atoms with Gasteiger partial charge in [0.25, 0.3) is 5.91 Å². The van der Waals surface area contributed by atoms with Crippen molar-refractivity contribution in [1.29, 1.82) is 0 Å². The van der Waals surface area contributed by atoms with Crippen LogP contribution in [0.5, 0.6) is 0 Å². The van der Waals surface area contributed by atoms with Crippen LogP contribution >= 0.6 is 11.5 Å². The summed E-state index contributed by atoms with van der Waals surface area (Å²) in [6, 6.07) is 12.4. The molecule has 0 saturated carbocycles. The molecule has 0 saturated heterocycles. The quantitative estimate of drug-likeness (QED) is 0.749. The second kappa shape index (κ2) is 7.18. The molecule has 0 radical (unpaired) electrons. The van der Waals surface area contributed by atoms with Crippen LogP contribution in [0.2, 0.25) is 0 Å². The van der Waals surface area contributed by atoms with Crippen molar-refractivity contribution < 1.29 is 14.0 Å². The molecule has 1 aromatic heterocycles. The predicted molar refractivity (Wildman–Crippen MR) is 94.0 cm³/mol. The van der Waals surface area contributed by atoms with Gasteiger partial charge in [-0.2, -0.15) is 0 Å². The molecule has 2 aromatic carbocycles. The van der Waals surface area contributed by atoms with Crippen molar-refractivity contribution in [3.63, 3.8) is 0 Å². The van der Waals surface area contributed by atoms with E-state index in [1.807, 2.05) is 0 Å². The van der Waals surface area contributed by atoms with E-state index in [1.54, 1.807) is 36.4 Å². The summed E-state index contributed by atoms with van der Waals surface area (Å²) in [5.74, 6) is -0.893. The minimum atomic E-state index is -0.364. The fraction of sp³-hybridized carbons (Fsp3) is 0.0588. The van der Waals surface area contributed by atoms with Gasteiger partial charge in [-0.05, 0) is 60.1 Å². The first-order valence-electron chi connectivity index (χ1n) is 7.30. The fourth-order valence-corrected chi connectivity index (χ4v) is 2.75. The molecular weight excluding hydrogens is 343 g/mol. The molecule has 6 nitrogen and oxygen atoms in total. The number of anilines is 2. The van der Waals surface area contributed by atoms with E-state index >= 15 is 0 Å². The number of aromatic nitrogens is 2. The van der Waals surface area contributed by atoms with Crippen LogP contribution in [-0.2, 0) is 4.79 Å². The van der Waals surface area contributed by atoms with Crippen LogP contribution in [0.25, 0.3) is 11.3 Å². The number of hydrogen-bond donors (Lipinski definition) is 2. The first-order chi connectivity index (χ1) is 12.0. The summed E-state index contributed by atoms with van der Waals surface area (Å²) in [6.07, 6.45) is 0. The monoisotopic (exact) mass is 356 g/mol. The Morgan fingerprint density at radius 3 is 2.16 bits per heavy atom. The van der Waals surface area contributed by atoms with E-state index in [0.717, 1.165) is 11.5 Å². The molecule has 3 rings (SSSR count). The van der Waals surface area contributed by atoms with Gasteiger partial charge in [0.2, 0.25) is 5.91 Å². The molecule has 8 heteroatoms. The maximum atomic E-state index is 13.0. The molecule has 0 aliphatic rings. The van der Waals surface area contributed by atoms with E-state index in [1.165, 1.54) is 19.1 Å². The molecule has 25 heavy (non-hydrogen) atoms. The molecular formula is C17H13FN4O2S. The molecule has 3 aromatic rings. The van der Waals surface area contributed by atoms with Crippen molar-refractivity contribution in [3.8, 4) is 11.3 Å². The number of carbonyl (C=O) groups is 2. The van der Waals surface area contributed by atoms with E-state index in [-0.39, 0.29) is 17.6 Å². The summed E-state index contributed by atoms with van der Waals surface area (Å²) in [7, 11) is 0. The van der Waals surface area contributed by atoms with Crippen molar-refractivity contribution in [2.75, 3.05) is 10.6 Å². The molecule has 0 bridgehead atoms. The standard InChI is InChI=1S/C17H13FN4O2S/c1-10(23)19-13-6-8-14(9-7-13)20-17(24)16-15(21-22-25-16)11-2-4-12(18)5-3-11/h2-9H,1H3,(H,19,23)(H,20,24). The Balaban J connectivity index is 1.77. The summed E-state index contributed by atoms with van der Waals surface area (Å²) < 4.78 is 16.9. The highest BCUT2D eigenvalue weighted by Crippen LogP contribution is 2.25. The molecule has 0 atom stereocenters. The maximum absolute atomic E-state index is 13.0.